The fraction of sp³-hybridized carbons (Fsp3) is 0.0909. The minimum absolute atomic E-state index is 0.0476. The number of ketones is 1. The highest BCUT2D eigenvalue weighted by Crippen LogP contribution is 2.41. The Bertz CT molecular complexity index is 1110. The van der Waals surface area contributed by atoms with Crippen molar-refractivity contribution in [2.24, 2.45) is 0 Å². The zero-order valence-electron chi connectivity index (χ0n) is 15.0. The van der Waals surface area contributed by atoms with Gasteiger partial charge in [-0.1, -0.05) is 29.8 Å². The van der Waals surface area contributed by atoms with Gasteiger partial charge in [0, 0.05) is 16.1 Å². The van der Waals surface area contributed by atoms with Crippen LogP contribution in [0.5, 0.6) is 0 Å². The maximum absolute atomic E-state index is 14.6. The van der Waals surface area contributed by atoms with E-state index in [4.69, 9.17) is 16.0 Å². The van der Waals surface area contributed by atoms with E-state index in [1.165, 1.54) is 41.5 Å². The molecule has 1 aliphatic heterocycles. The van der Waals surface area contributed by atoms with E-state index in [1.54, 1.807) is 30.3 Å². The van der Waals surface area contributed by atoms with Crippen molar-refractivity contribution in [1.29, 1.82) is 0 Å². The SMILES string of the molecule is O=C1C(=O)N(Cc2ccco2)C(c2ccccc2F)/C1=C(/O)c1ccc(Cl)cc1. The van der Waals surface area contributed by atoms with Gasteiger partial charge in [0.1, 0.15) is 17.3 Å². The van der Waals surface area contributed by atoms with Crippen LogP contribution < -0.4 is 0 Å². The number of nitrogens with zero attached hydrogens (tertiary/aromatic N) is 1. The molecule has 1 unspecified atom stereocenters. The predicted molar refractivity (Wildman–Crippen MR) is 104 cm³/mol. The normalized spacial score (nSPS) is 18.4. The van der Waals surface area contributed by atoms with Gasteiger partial charge >= 0.3 is 0 Å². The number of Topliss-reactive ketones (excluding diaryl/α,β-unsaturated/α-hetero) is 1. The molecule has 1 fully saturated rings. The first-order valence-corrected chi connectivity index (χ1v) is 9.16. The molecule has 1 aromatic heterocycles. The minimum atomic E-state index is -1.10. The number of rotatable bonds is 4. The Morgan fingerprint density at radius 1 is 1.07 bits per heavy atom. The van der Waals surface area contributed by atoms with Gasteiger partial charge in [-0.25, -0.2) is 4.39 Å². The van der Waals surface area contributed by atoms with Crippen LogP contribution in [0.3, 0.4) is 0 Å². The third-order valence-electron chi connectivity index (χ3n) is 4.76. The van der Waals surface area contributed by atoms with E-state index in [-0.39, 0.29) is 17.7 Å². The van der Waals surface area contributed by atoms with Crippen molar-refractivity contribution in [2.75, 3.05) is 0 Å². The number of furan rings is 1. The number of carbonyl (C=O) groups excluding carboxylic acids is 2. The molecule has 1 saturated heterocycles. The molecular weight excluding hydrogens is 397 g/mol. The molecule has 1 N–H and O–H groups in total. The van der Waals surface area contributed by atoms with Gasteiger partial charge in [0.2, 0.25) is 0 Å². The number of hydrogen-bond donors (Lipinski definition) is 1. The van der Waals surface area contributed by atoms with Crippen molar-refractivity contribution in [1.82, 2.24) is 4.90 Å². The summed E-state index contributed by atoms with van der Waals surface area (Å²) in [5.74, 6) is -2.29. The monoisotopic (exact) mass is 411 g/mol. The van der Waals surface area contributed by atoms with Crippen LogP contribution in [0, 0.1) is 5.82 Å². The van der Waals surface area contributed by atoms with E-state index < -0.39 is 29.3 Å². The van der Waals surface area contributed by atoms with E-state index in [0.717, 1.165) is 0 Å². The summed E-state index contributed by atoms with van der Waals surface area (Å²) < 4.78 is 19.9. The van der Waals surface area contributed by atoms with Gasteiger partial charge in [0.15, 0.2) is 0 Å². The third kappa shape index (κ3) is 3.43. The Morgan fingerprint density at radius 3 is 2.45 bits per heavy atom. The highest BCUT2D eigenvalue weighted by Gasteiger charge is 2.47. The largest absolute Gasteiger partial charge is 0.507 e. The molecule has 3 aromatic rings. The van der Waals surface area contributed by atoms with Crippen LogP contribution in [0.25, 0.3) is 5.76 Å². The molecule has 0 spiro atoms. The summed E-state index contributed by atoms with van der Waals surface area (Å²) in [6.07, 6.45) is 1.44. The average molecular weight is 412 g/mol. The fourth-order valence-corrected chi connectivity index (χ4v) is 3.52. The van der Waals surface area contributed by atoms with Gasteiger partial charge < -0.3 is 14.4 Å². The molecule has 1 amide bonds. The highest BCUT2D eigenvalue weighted by atomic mass is 35.5. The zero-order valence-corrected chi connectivity index (χ0v) is 15.8. The van der Waals surface area contributed by atoms with Crippen LogP contribution in [-0.2, 0) is 16.1 Å². The van der Waals surface area contributed by atoms with Gasteiger partial charge in [-0.15, -0.1) is 0 Å². The molecule has 0 radical (unpaired) electrons. The maximum Gasteiger partial charge on any atom is 0.296 e. The maximum atomic E-state index is 14.6. The first-order chi connectivity index (χ1) is 14.0. The number of carbonyl (C=O) groups is 2. The Labute approximate surface area is 170 Å². The molecule has 0 saturated carbocycles. The molecule has 0 aliphatic carbocycles. The predicted octanol–water partition coefficient (Wildman–Crippen LogP) is 4.69. The summed E-state index contributed by atoms with van der Waals surface area (Å²) in [7, 11) is 0. The summed E-state index contributed by atoms with van der Waals surface area (Å²) >= 11 is 5.89. The van der Waals surface area contributed by atoms with Crippen LogP contribution in [0.2, 0.25) is 5.02 Å². The highest BCUT2D eigenvalue weighted by molar-refractivity contribution is 6.46. The number of amides is 1. The molecule has 4 rings (SSSR count). The first kappa shape index (κ1) is 19.0. The summed E-state index contributed by atoms with van der Waals surface area (Å²) in [5.41, 5.74) is 0.217. The van der Waals surface area contributed by atoms with Crippen molar-refractivity contribution >= 4 is 29.1 Å². The standard InChI is InChI=1S/C22H15ClFNO4/c23-14-9-7-13(8-10-14)20(26)18-19(16-5-1-2-6-17(16)24)25(22(28)21(18)27)12-15-4-3-11-29-15/h1-11,19,26H,12H2/b20-18-. The summed E-state index contributed by atoms with van der Waals surface area (Å²) in [4.78, 5) is 26.8. The molecule has 1 atom stereocenters. The number of benzene rings is 2. The second kappa shape index (κ2) is 7.56. The number of likely N-dealkylation sites (tertiary alicyclic amines) is 1. The number of hydrogen-bond acceptors (Lipinski definition) is 4. The Kier molecular flexibility index (Phi) is 4.94. The van der Waals surface area contributed by atoms with Crippen molar-refractivity contribution in [2.45, 2.75) is 12.6 Å². The lowest BCUT2D eigenvalue weighted by molar-refractivity contribution is -0.140. The lowest BCUT2D eigenvalue weighted by atomic mass is 9.95. The van der Waals surface area contributed by atoms with Crippen LogP contribution in [0.4, 0.5) is 4.39 Å². The van der Waals surface area contributed by atoms with E-state index in [9.17, 15) is 19.1 Å². The minimum Gasteiger partial charge on any atom is -0.507 e. The smallest absolute Gasteiger partial charge is 0.296 e. The molecule has 1 aliphatic rings. The van der Waals surface area contributed by atoms with Gasteiger partial charge in [-0.3, -0.25) is 9.59 Å². The van der Waals surface area contributed by atoms with Gasteiger partial charge in [-0.05, 0) is 42.5 Å². The lowest BCUT2D eigenvalue weighted by Gasteiger charge is -2.24. The zero-order chi connectivity index (χ0) is 20.5. The summed E-state index contributed by atoms with van der Waals surface area (Å²) in [6.45, 7) is -0.0476. The van der Waals surface area contributed by atoms with Crippen LogP contribution >= 0.6 is 11.6 Å². The molecule has 29 heavy (non-hydrogen) atoms. The van der Waals surface area contributed by atoms with E-state index in [0.29, 0.717) is 16.3 Å². The second-order valence-electron chi connectivity index (χ2n) is 6.53. The molecule has 2 heterocycles. The molecule has 0 bridgehead atoms. The van der Waals surface area contributed by atoms with Crippen molar-refractivity contribution < 1.29 is 23.5 Å². The molecule has 146 valence electrons. The Hall–Kier alpha value is -3.38. The van der Waals surface area contributed by atoms with Gasteiger partial charge in [-0.2, -0.15) is 0 Å². The fourth-order valence-electron chi connectivity index (χ4n) is 3.40. The van der Waals surface area contributed by atoms with E-state index >= 15 is 0 Å². The van der Waals surface area contributed by atoms with Crippen molar-refractivity contribution in [3.63, 3.8) is 0 Å². The van der Waals surface area contributed by atoms with Crippen molar-refractivity contribution in [3.05, 3.63) is 100 Å². The van der Waals surface area contributed by atoms with Crippen molar-refractivity contribution in [3.8, 4) is 0 Å². The summed E-state index contributed by atoms with van der Waals surface area (Å²) in [6, 6.07) is 14.2. The average Bonchev–Trinajstić information content (AvgIpc) is 3.31. The van der Waals surface area contributed by atoms with Crippen LogP contribution in [0.1, 0.15) is 22.9 Å². The van der Waals surface area contributed by atoms with Crippen LogP contribution in [0.15, 0.2) is 76.9 Å². The van der Waals surface area contributed by atoms with Crippen LogP contribution in [-0.4, -0.2) is 21.7 Å². The molecular formula is C22H15ClFNO4. The first-order valence-electron chi connectivity index (χ1n) is 8.78. The topological polar surface area (TPSA) is 70.8 Å². The Balaban J connectivity index is 1.89. The number of aliphatic hydroxyl groups is 1. The second-order valence-corrected chi connectivity index (χ2v) is 6.97. The lowest BCUT2D eigenvalue weighted by Crippen LogP contribution is -2.29. The van der Waals surface area contributed by atoms with Gasteiger partial charge in [0.25, 0.3) is 11.7 Å². The Morgan fingerprint density at radius 2 is 1.79 bits per heavy atom. The summed E-state index contributed by atoms with van der Waals surface area (Å²) in [5, 5.41) is 11.3. The van der Waals surface area contributed by atoms with Gasteiger partial charge in [0.05, 0.1) is 24.4 Å². The van der Waals surface area contributed by atoms with E-state index in [2.05, 4.69) is 0 Å². The number of aliphatic hydroxyl groups excluding tert-OH is 1. The molecule has 5 nitrogen and oxygen atoms in total. The molecule has 2 aromatic carbocycles. The van der Waals surface area contributed by atoms with E-state index in [1.807, 2.05) is 0 Å². The number of halogens is 2. The molecule has 7 heteroatoms. The third-order valence-corrected chi connectivity index (χ3v) is 5.02. The quantitative estimate of drug-likeness (QED) is 0.384.